The number of hydrogen-bond acceptors (Lipinski definition) is 5. The lowest BCUT2D eigenvalue weighted by Gasteiger charge is -2.19. The average Bonchev–Trinajstić information content (AvgIpc) is 2.43. The van der Waals surface area contributed by atoms with Crippen molar-refractivity contribution in [1.29, 1.82) is 0 Å². The van der Waals surface area contributed by atoms with Crippen LogP contribution in [0.1, 0.15) is 13.3 Å². The summed E-state index contributed by atoms with van der Waals surface area (Å²) in [6, 6.07) is 6.13. The lowest BCUT2D eigenvalue weighted by atomic mass is 10.3. The van der Waals surface area contributed by atoms with Gasteiger partial charge in [-0.3, -0.25) is 10.1 Å². The predicted molar refractivity (Wildman–Crippen MR) is 74.4 cm³/mol. The van der Waals surface area contributed by atoms with E-state index in [0.717, 1.165) is 26.1 Å². The Morgan fingerprint density at radius 1 is 1.32 bits per heavy atom. The number of nitrogens with zero attached hydrogens (tertiary/aromatic N) is 2. The number of ether oxygens (including phenoxy) is 1. The molecule has 19 heavy (non-hydrogen) atoms. The number of nitrogens with two attached hydrogens (primary N) is 1. The highest BCUT2D eigenvalue weighted by Crippen LogP contribution is 2.17. The quantitative estimate of drug-likeness (QED) is 0.543. The fraction of sp³-hybridized carbons (Fsp3) is 0.538. The Labute approximate surface area is 113 Å². The smallest absolute Gasteiger partial charge is 0.269 e. The van der Waals surface area contributed by atoms with Gasteiger partial charge >= 0.3 is 0 Å². The van der Waals surface area contributed by atoms with E-state index in [1.165, 1.54) is 12.1 Å². The summed E-state index contributed by atoms with van der Waals surface area (Å²) in [5.41, 5.74) is 5.55. The Morgan fingerprint density at radius 3 is 2.53 bits per heavy atom. The van der Waals surface area contributed by atoms with E-state index in [0.29, 0.717) is 18.9 Å². The van der Waals surface area contributed by atoms with Gasteiger partial charge in [0.1, 0.15) is 12.4 Å². The zero-order valence-corrected chi connectivity index (χ0v) is 11.2. The average molecular weight is 267 g/mol. The molecule has 0 aliphatic heterocycles. The van der Waals surface area contributed by atoms with E-state index in [1.807, 2.05) is 0 Å². The van der Waals surface area contributed by atoms with Crippen LogP contribution >= 0.6 is 0 Å². The third-order valence-corrected chi connectivity index (χ3v) is 2.85. The Morgan fingerprint density at radius 2 is 2.00 bits per heavy atom. The molecule has 106 valence electrons. The SMILES string of the molecule is CCN(CCCN)CCOc1ccc([N+](=O)[O-])cc1. The molecule has 2 N–H and O–H groups in total. The summed E-state index contributed by atoms with van der Waals surface area (Å²) in [5, 5.41) is 10.5. The highest BCUT2D eigenvalue weighted by Gasteiger charge is 2.05. The molecule has 0 fully saturated rings. The highest BCUT2D eigenvalue weighted by molar-refractivity contribution is 5.35. The maximum Gasteiger partial charge on any atom is 0.269 e. The molecule has 0 amide bonds. The van der Waals surface area contributed by atoms with Crippen LogP contribution in [0.3, 0.4) is 0 Å². The van der Waals surface area contributed by atoms with Crippen LogP contribution in [0.15, 0.2) is 24.3 Å². The molecule has 0 radical (unpaired) electrons. The van der Waals surface area contributed by atoms with Crippen molar-refractivity contribution < 1.29 is 9.66 Å². The van der Waals surface area contributed by atoms with Crippen LogP contribution in [0.5, 0.6) is 5.75 Å². The summed E-state index contributed by atoms with van der Waals surface area (Å²) in [5.74, 6) is 0.653. The molecule has 0 bridgehead atoms. The molecule has 0 heterocycles. The van der Waals surface area contributed by atoms with Crippen molar-refractivity contribution in [3.8, 4) is 5.75 Å². The monoisotopic (exact) mass is 267 g/mol. The van der Waals surface area contributed by atoms with E-state index < -0.39 is 4.92 Å². The zero-order valence-electron chi connectivity index (χ0n) is 11.2. The first-order chi connectivity index (χ1) is 9.17. The highest BCUT2D eigenvalue weighted by atomic mass is 16.6. The third-order valence-electron chi connectivity index (χ3n) is 2.85. The number of likely N-dealkylation sites (N-methyl/N-ethyl adjacent to an activating group) is 1. The largest absolute Gasteiger partial charge is 0.492 e. The van der Waals surface area contributed by atoms with Crippen LogP contribution in [0.2, 0.25) is 0 Å². The molecule has 0 spiro atoms. The minimum absolute atomic E-state index is 0.0745. The molecule has 1 rings (SSSR count). The first kappa shape index (κ1) is 15.4. The van der Waals surface area contributed by atoms with Crippen molar-refractivity contribution in [3.05, 3.63) is 34.4 Å². The summed E-state index contributed by atoms with van der Waals surface area (Å²) in [6.07, 6.45) is 0.978. The van der Waals surface area contributed by atoms with E-state index in [2.05, 4.69) is 11.8 Å². The maximum atomic E-state index is 10.5. The summed E-state index contributed by atoms with van der Waals surface area (Å²) >= 11 is 0. The molecule has 0 aliphatic rings. The molecule has 0 saturated heterocycles. The second-order valence-electron chi connectivity index (χ2n) is 4.18. The van der Waals surface area contributed by atoms with E-state index in [9.17, 15) is 10.1 Å². The van der Waals surface area contributed by atoms with Crippen molar-refractivity contribution in [2.75, 3.05) is 32.8 Å². The number of rotatable bonds is 9. The number of benzene rings is 1. The van der Waals surface area contributed by atoms with E-state index in [1.54, 1.807) is 12.1 Å². The minimum Gasteiger partial charge on any atom is -0.492 e. The van der Waals surface area contributed by atoms with E-state index in [4.69, 9.17) is 10.5 Å². The van der Waals surface area contributed by atoms with E-state index in [-0.39, 0.29) is 5.69 Å². The van der Waals surface area contributed by atoms with Crippen molar-refractivity contribution in [2.45, 2.75) is 13.3 Å². The van der Waals surface area contributed by atoms with Gasteiger partial charge < -0.3 is 15.4 Å². The zero-order chi connectivity index (χ0) is 14.1. The Hall–Kier alpha value is -1.66. The molecular weight excluding hydrogens is 246 g/mol. The Kier molecular flexibility index (Phi) is 6.84. The third kappa shape index (κ3) is 5.67. The van der Waals surface area contributed by atoms with Gasteiger partial charge in [0.2, 0.25) is 0 Å². The fourth-order valence-electron chi connectivity index (χ4n) is 1.70. The molecule has 0 atom stereocenters. The summed E-state index contributed by atoms with van der Waals surface area (Å²) in [7, 11) is 0. The standard InChI is InChI=1S/C13H21N3O3/c1-2-15(9-3-8-14)10-11-19-13-6-4-12(5-7-13)16(17)18/h4-7H,2-3,8-11,14H2,1H3. The topological polar surface area (TPSA) is 81.6 Å². The minimum atomic E-state index is -0.421. The van der Waals surface area contributed by atoms with Gasteiger partial charge in [0.25, 0.3) is 5.69 Å². The lowest BCUT2D eigenvalue weighted by Crippen LogP contribution is -2.30. The Bertz CT molecular complexity index is 381. The molecular formula is C13H21N3O3. The van der Waals surface area contributed by atoms with Crippen molar-refractivity contribution >= 4 is 5.69 Å². The van der Waals surface area contributed by atoms with Gasteiger partial charge in [-0.2, -0.15) is 0 Å². The molecule has 0 saturated carbocycles. The van der Waals surface area contributed by atoms with Crippen LogP contribution < -0.4 is 10.5 Å². The molecule has 0 aliphatic carbocycles. The maximum absolute atomic E-state index is 10.5. The fourth-order valence-corrected chi connectivity index (χ4v) is 1.70. The number of hydrogen-bond donors (Lipinski definition) is 1. The van der Waals surface area contributed by atoms with Gasteiger partial charge in [-0.15, -0.1) is 0 Å². The molecule has 0 aromatic heterocycles. The molecule has 0 unspecified atom stereocenters. The van der Waals surface area contributed by atoms with Crippen LogP contribution in [-0.2, 0) is 0 Å². The molecule has 1 aromatic carbocycles. The predicted octanol–water partition coefficient (Wildman–Crippen LogP) is 1.64. The van der Waals surface area contributed by atoms with Gasteiger partial charge in [0.05, 0.1) is 4.92 Å². The van der Waals surface area contributed by atoms with Crippen LogP contribution in [-0.4, -0.2) is 42.6 Å². The van der Waals surface area contributed by atoms with Crippen molar-refractivity contribution in [2.24, 2.45) is 5.73 Å². The van der Waals surface area contributed by atoms with Crippen LogP contribution in [0, 0.1) is 10.1 Å². The van der Waals surface area contributed by atoms with Gasteiger partial charge in [0.15, 0.2) is 0 Å². The summed E-state index contributed by atoms with van der Waals surface area (Å²) in [4.78, 5) is 12.3. The number of nitro groups is 1. The molecule has 1 aromatic rings. The Balaban J connectivity index is 2.33. The van der Waals surface area contributed by atoms with Crippen molar-refractivity contribution in [1.82, 2.24) is 4.90 Å². The normalized spacial score (nSPS) is 10.7. The molecule has 6 nitrogen and oxygen atoms in total. The van der Waals surface area contributed by atoms with Gasteiger partial charge in [0, 0.05) is 18.7 Å². The number of nitro benzene ring substituents is 1. The van der Waals surface area contributed by atoms with Crippen LogP contribution in [0.4, 0.5) is 5.69 Å². The van der Waals surface area contributed by atoms with E-state index >= 15 is 0 Å². The second-order valence-corrected chi connectivity index (χ2v) is 4.18. The van der Waals surface area contributed by atoms with Gasteiger partial charge in [-0.1, -0.05) is 6.92 Å². The van der Waals surface area contributed by atoms with Gasteiger partial charge in [-0.05, 0) is 38.2 Å². The lowest BCUT2D eigenvalue weighted by molar-refractivity contribution is -0.384. The van der Waals surface area contributed by atoms with Crippen LogP contribution in [0.25, 0.3) is 0 Å². The first-order valence-corrected chi connectivity index (χ1v) is 6.47. The number of non-ortho nitro benzene ring substituents is 1. The summed E-state index contributed by atoms with van der Waals surface area (Å²) in [6.45, 7) is 6.12. The van der Waals surface area contributed by atoms with Gasteiger partial charge in [-0.25, -0.2) is 0 Å². The molecule has 6 heteroatoms. The summed E-state index contributed by atoms with van der Waals surface area (Å²) < 4.78 is 5.56. The second kappa shape index (κ2) is 8.44. The first-order valence-electron chi connectivity index (χ1n) is 6.47. The van der Waals surface area contributed by atoms with Crippen molar-refractivity contribution in [3.63, 3.8) is 0 Å².